The van der Waals surface area contributed by atoms with Crippen LogP contribution in [0.15, 0.2) is 115 Å². The van der Waals surface area contributed by atoms with Gasteiger partial charge in [-0.25, -0.2) is 0 Å². The van der Waals surface area contributed by atoms with Gasteiger partial charge in [0.1, 0.15) is 5.75 Å². The zero-order chi connectivity index (χ0) is 19.2. The number of hydrogen-bond acceptors (Lipinski definition) is 1. The van der Waals surface area contributed by atoms with Gasteiger partial charge in [0, 0.05) is 6.16 Å². The van der Waals surface area contributed by atoms with E-state index < -0.39 is 7.26 Å². The van der Waals surface area contributed by atoms with Gasteiger partial charge in [0.05, 0.1) is 7.11 Å². The smallest absolute Gasteiger partial charge is 0.118 e. The zero-order valence-electron chi connectivity index (χ0n) is 16.4. The Labute approximate surface area is 184 Å². The topological polar surface area (TPSA) is 9.23 Å². The number of rotatable bonds is 6. The second kappa shape index (κ2) is 9.87. The molecule has 4 aromatic rings. The predicted molar refractivity (Wildman–Crippen MR) is 132 cm³/mol. The van der Waals surface area contributed by atoms with Gasteiger partial charge >= 0.3 is 0 Å². The molecule has 0 aliphatic carbocycles. The van der Waals surface area contributed by atoms with Crippen molar-refractivity contribution in [1.29, 1.82) is 0 Å². The molecule has 0 amide bonds. The van der Waals surface area contributed by atoms with Gasteiger partial charge in [-0.1, -0.05) is 103 Å². The number of methoxy groups -OCH3 is 1. The molecule has 0 unspecified atom stereocenters. The molecule has 1 radical (unpaired) electrons. The molecule has 0 saturated carbocycles. The zero-order valence-corrected chi connectivity index (χ0v) is 19.0. The summed E-state index contributed by atoms with van der Waals surface area (Å²) >= 11 is 0. The second-order valence-electron chi connectivity index (χ2n) is 6.82. The van der Waals surface area contributed by atoms with Crippen LogP contribution in [0.2, 0.25) is 0 Å². The van der Waals surface area contributed by atoms with Crippen molar-refractivity contribution in [2.45, 2.75) is 6.16 Å². The van der Waals surface area contributed by atoms with Crippen LogP contribution < -0.4 is 20.7 Å². The van der Waals surface area contributed by atoms with Gasteiger partial charge in [0.25, 0.3) is 0 Å². The van der Waals surface area contributed by atoms with E-state index in [9.17, 15) is 0 Å². The molecule has 0 N–H and O–H groups in total. The van der Waals surface area contributed by atoms with Crippen LogP contribution in [-0.4, -0.2) is 7.11 Å². The van der Waals surface area contributed by atoms with Crippen molar-refractivity contribution in [1.82, 2.24) is 0 Å². The summed E-state index contributed by atoms with van der Waals surface area (Å²) in [6.45, 7) is 0. The summed E-state index contributed by atoms with van der Waals surface area (Å²) in [6, 6.07) is 41.5. The third-order valence-electron chi connectivity index (χ3n) is 5.17. The monoisotopic (exact) mass is 463 g/mol. The standard InChI is InChI=1S/C26H24OP.BrH/c1-27-23-19-17-22(18-20-23)21-28(24-11-5-2-6-12-24,25-13-7-3-8-14-25)26-15-9-4-10-16-26;/h2-20H,21H2,1H3;1H. The highest BCUT2D eigenvalue weighted by Gasteiger charge is 2.33. The summed E-state index contributed by atoms with van der Waals surface area (Å²) < 4.78 is 5.36. The summed E-state index contributed by atoms with van der Waals surface area (Å²) in [5, 5.41) is 4.22. The van der Waals surface area contributed by atoms with Gasteiger partial charge in [0.15, 0.2) is 0 Å². The van der Waals surface area contributed by atoms with Gasteiger partial charge in [-0.05, 0) is 40.9 Å². The van der Waals surface area contributed by atoms with Crippen molar-refractivity contribution < 1.29 is 4.74 Å². The molecule has 0 bridgehead atoms. The fourth-order valence-electron chi connectivity index (χ4n) is 3.77. The summed E-state index contributed by atoms with van der Waals surface area (Å²) in [6.07, 6.45) is 0.981. The SMILES string of the molecule is Br.COc1ccc(C[P](c2ccccc2)(c2ccccc2)c2ccccc2)cc1. The summed E-state index contributed by atoms with van der Waals surface area (Å²) in [4.78, 5) is 0. The van der Waals surface area contributed by atoms with Gasteiger partial charge < -0.3 is 4.74 Å². The van der Waals surface area contributed by atoms with Crippen LogP contribution in [0.3, 0.4) is 0 Å². The van der Waals surface area contributed by atoms with Crippen LogP contribution in [0.5, 0.6) is 5.75 Å². The van der Waals surface area contributed by atoms with Crippen molar-refractivity contribution in [2.75, 3.05) is 7.11 Å². The molecule has 0 aliphatic rings. The van der Waals surface area contributed by atoms with E-state index in [0.717, 1.165) is 11.9 Å². The third-order valence-corrected chi connectivity index (χ3v) is 9.55. The first kappa shape index (κ1) is 21.3. The highest BCUT2D eigenvalue weighted by atomic mass is 79.9. The lowest BCUT2D eigenvalue weighted by atomic mass is 10.2. The molecule has 4 rings (SSSR count). The molecule has 4 aromatic carbocycles. The summed E-state index contributed by atoms with van der Waals surface area (Å²) in [5.74, 6) is 0.895. The molecule has 147 valence electrons. The second-order valence-corrected chi connectivity index (χ2v) is 10.3. The van der Waals surface area contributed by atoms with Crippen LogP contribution in [0.1, 0.15) is 5.56 Å². The molecule has 1 nitrogen and oxygen atoms in total. The van der Waals surface area contributed by atoms with E-state index in [4.69, 9.17) is 4.74 Å². The van der Waals surface area contributed by atoms with Crippen molar-refractivity contribution >= 4 is 40.2 Å². The van der Waals surface area contributed by atoms with Gasteiger partial charge in [0.2, 0.25) is 0 Å². The Morgan fingerprint density at radius 1 is 0.552 bits per heavy atom. The number of hydrogen-bond donors (Lipinski definition) is 0. The lowest BCUT2D eigenvalue weighted by molar-refractivity contribution is 0.414. The highest BCUT2D eigenvalue weighted by Crippen LogP contribution is 2.58. The summed E-state index contributed by atoms with van der Waals surface area (Å²) in [5.41, 5.74) is 1.32. The van der Waals surface area contributed by atoms with Gasteiger partial charge in [-0.2, -0.15) is 0 Å². The fourth-order valence-corrected chi connectivity index (χ4v) is 8.02. The lowest BCUT2D eigenvalue weighted by Gasteiger charge is -2.38. The third kappa shape index (κ3) is 4.45. The van der Waals surface area contributed by atoms with Gasteiger partial charge in [-0.3, -0.25) is 0 Å². The molecule has 29 heavy (non-hydrogen) atoms. The number of ether oxygens (including phenoxy) is 1. The van der Waals surface area contributed by atoms with Crippen molar-refractivity contribution in [2.24, 2.45) is 0 Å². The van der Waals surface area contributed by atoms with Crippen molar-refractivity contribution in [3.8, 4) is 5.75 Å². The predicted octanol–water partition coefficient (Wildman–Crippen LogP) is 5.77. The molecular weight excluding hydrogens is 439 g/mol. The van der Waals surface area contributed by atoms with Gasteiger partial charge in [-0.15, -0.1) is 17.0 Å². The molecular formula is C26H25BrOP. The minimum absolute atomic E-state index is 0. The Hall–Kier alpha value is -2.41. The largest absolute Gasteiger partial charge is 0.497 e. The van der Waals surface area contributed by atoms with Crippen LogP contribution in [0.25, 0.3) is 0 Å². The Morgan fingerprint density at radius 3 is 1.28 bits per heavy atom. The van der Waals surface area contributed by atoms with E-state index in [2.05, 4.69) is 115 Å². The Bertz CT molecular complexity index is 906. The molecule has 0 saturated heterocycles. The van der Waals surface area contributed by atoms with Crippen LogP contribution in [-0.2, 0) is 6.16 Å². The molecule has 0 spiro atoms. The number of halogens is 1. The molecule has 0 aromatic heterocycles. The maximum atomic E-state index is 5.36. The Morgan fingerprint density at radius 2 is 0.931 bits per heavy atom. The normalized spacial score (nSPS) is 10.8. The van der Waals surface area contributed by atoms with E-state index in [0.29, 0.717) is 0 Å². The Kier molecular flexibility index (Phi) is 7.25. The van der Waals surface area contributed by atoms with E-state index in [1.807, 2.05) is 0 Å². The number of benzene rings is 4. The minimum Gasteiger partial charge on any atom is -0.497 e. The fraction of sp³-hybridized carbons (Fsp3) is 0.0769. The van der Waals surface area contributed by atoms with Crippen LogP contribution >= 0.6 is 24.2 Å². The van der Waals surface area contributed by atoms with E-state index in [1.165, 1.54) is 21.5 Å². The first-order valence-corrected chi connectivity index (χ1v) is 11.5. The van der Waals surface area contributed by atoms with E-state index in [1.54, 1.807) is 7.11 Å². The molecule has 0 heterocycles. The van der Waals surface area contributed by atoms with E-state index in [-0.39, 0.29) is 17.0 Å². The van der Waals surface area contributed by atoms with Crippen LogP contribution in [0, 0.1) is 0 Å². The average molecular weight is 464 g/mol. The molecule has 0 fully saturated rings. The maximum Gasteiger partial charge on any atom is 0.118 e. The van der Waals surface area contributed by atoms with Crippen molar-refractivity contribution in [3.63, 3.8) is 0 Å². The molecule has 0 atom stereocenters. The lowest BCUT2D eigenvalue weighted by Crippen LogP contribution is -2.32. The first-order chi connectivity index (χ1) is 13.8. The highest BCUT2D eigenvalue weighted by molar-refractivity contribution is 8.93. The molecule has 0 aliphatic heterocycles. The minimum atomic E-state index is -1.84. The maximum absolute atomic E-state index is 5.36. The van der Waals surface area contributed by atoms with Crippen LogP contribution in [0.4, 0.5) is 0 Å². The van der Waals surface area contributed by atoms with Crippen molar-refractivity contribution in [3.05, 3.63) is 121 Å². The molecule has 3 heteroatoms. The summed E-state index contributed by atoms with van der Waals surface area (Å²) in [7, 11) is -0.127. The quantitative estimate of drug-likeness (QED) is 0.330. The van der Waals surface area contributed by atoms with E-state index >= 15 is 0 Å². The first-order valence-electron chi connectivity index (χ1n) is 9.51. The average Bonchev–Trinajstić information content (AvgIpc) is 2.80. The Balaban J connectivity index is 0.00000240.